The fourth-order valence-corrected chi connectivity index (χ4v) is 5.38. The molecule has 5 N–H and O–H groups in total. The minimum absolute atomic E-state index is 0.0263. The molecule has 1 unspecified atom stereocenters. The van der Waals surface area contributed by atoms with E-state index in [1.54, 1.807) is 37.5 Å². The van der Waals surface area contributed by atoms with Gasteiger partial charge < -0.3 is 36.2 Å². The Hall–Kier alpha value is -3.96. The van der Waals surface area contributed by atoms with E-state index in [0.29, 0.717) is 30.8 Å². The van der Waals surface area contributed by atoms with E-state index < -0.39 is 5.91 Å². The molecule has 11 heteroatoms. The van der Waals surface area contributed by atoms with E-state index in [0.717, 1.165) is 29.9 Å². The number of hydrogen-bond acceptors (Lipinski definition) is 9. The Balaban J connectivity index is 1.40. The molecule has 3 atom stereocenters. The van der Waals surface area contributed by atoms with E-state index in [1.807, 2.05) is 29.2 Å². The van der Waals surface area contributed by atoms with Crippen LogP contribution in [-0.4, -0.2) is 85.7 Å². The fourth-order valence-electron chi connectivity index (χ4n) is 5.38. The lowest BCUT2D eigenvalue weighted by atomic mass is 9.92. The second kappa shape index (κ2) is 10.4. The first kappa shape index (κ1) is 25.7. The molecule has 200 valence electrons. The number of nitrogen functional groups attached to an aromatic ring is 1. The number of rotatable bonds is 5. The summed E-state index contributed by atoms with van der Waals surface area (Å²) < 4.78 is 5.58. The molecule has 11 nitrogen and oxygen atoms in total. The van der Waals surface area contributed by atoms with Gasteiger partial charge in [0.15, 0.2) is 5.69 Å². The minimum Gasteiger partial charge on any atom is -0.397 e. The normalized spacial score (nSPS) is 22.2. The molecule has 2 amide bonds. The average molecular weight is 519 g/mol. The lowest BCUT2D eigenvalue weighted by Crippen LogP contribution is -2.56. The van der Waals surface area contributed by atoms with Crippen molar-refractivity contribution in [1.82, 2.24) is 14.9 Å². The summed E-state index contributed by atoms with van der Waals surface area (Å²) in [5.41, 5.74) is 15.9. The van der Waals surface area contributed by atoms with Crippen LogP contribution in [0.1, 0.15) is 17.4 Å². The molecule has 4 heterocycles. The number of carbonyl (C=O) groups excluding carboxylic acids is 2. The van der Waals surface area contributed by atoms with Gasteiger partial charge in [0.2, 0.25) is 5.91 Å². The number of likely N-dealkylation sites (N-methyl/N-ethyl adjacent to an activating group) is 1. The van der Waals surface area contributed by atoms with Gasteiger partial charge in [-0.25, -0.2) is 4.98 Å². The predicted molar refractivity (Wildman–Crippen MR) is 148 cm³/mol. The van der Waals surface area contributed by atoms with Gasteiger partial charge in [0, 0.05) is 69.6 Å². The van der Waals surface area contributed by atoms with Crippen molar-refractivity contribution < 1.29 is 14.3 Å². The van der Waals surface area contributed by atoms with E-state index in [9.17, 15) is 9.59 Å². The molecule has 0 bridgehead atoms. The van der Waals surface area contributed by atoms with Gasteiger partial charge in [-0.05, 0) is 24.3 Å². The third-order valence-corrected chi connectivity index (χ3v) is 7.45. The van der Waals surface area contributed by atoms with E-state index in [1.165, 1.54) is 0 Å². The molecular weight excluding hydrogens is 484 g/mol. The van der Waals surface area contributed by atoms with Crippen molar-refractivity contribution in [2.24, 2.45) is 11.7 Å². The van der Waals surface area contributed by atoms with Crippen LogP contribution >= 0.6 is 0 Å². The number of aromatic nitrogens is 2. The molecule has 0 radical (unpaired) electrons. The molecule has 0 aliphatic carbocycles. The highest BCUT2D eigenvalue weighted by atomic mass is 16.5. The highest BCUT2D eigenvalue weighted by molar-refractivity contribution is 6.09. The summed E-state index contributed by atoms with van der Waals surface area (Å²) in [6.07, 6.45) is 3.28. The summed E-state index contributed by atoms with van der Waals surface area (Å²) in [7, 11) is 3.49. The lowest BCUT2D eigenvalue weighted by molar-refractivity contribution is -0.129. The summed E-state index contributed by atoms with van der Waals surface area (Å²) in [5, 5.41) is 3.77. The van der Waals surface area contributed by atoms with Gasteiger partial charge in [-0.3, -0.25) is 14.6 Å². The van der Waals surface area contributed by atoms with Crippen LogP contribution < -0.4 is 26.6 Å². The van der Waals surface area contributed by atoms with Gasteiger partial charge in [-0.2, -0.15) is 0 Å². The van der Waals surface area contributed by atoms with Crippen LogP contribution in [-0.2, 0) is 9.53 Å². The van der Waals surface area contributed by atoms with Crippen molar-refractivity contribution in [1.29, 1.82) is 0 Å². The summed E-state index contributed by atoms with van der Waals surface area (Å²) >= 11 is 0. The maximum Gasteiger partial charge on any atom is 0.276 e. The summed E-state index contributed by atoms with van der Waals surface area (Å²) in [6.45, 7) is 5.10. The number of amides is 2. The van der Waals surface area contributed by atoms with Crippen LogP contribution in [0.3, 0.4) is 0 Å². The molecule has 1 aromatic carbocycles. The van der Waals surface area contributed by atoms with Crippen molar-refractivity contribution in [2.45, 2.75) is 19.1 Å². The van der Waals surface area contributed by atoms with Crippen LogP contribution in [0.5, 0.6) is 0 Å². The number of hydrogen-bond donors (Lipinski definition) is 3. The molecule has 2 fully saturated rings. The van der Waals surface area contributed by atoms with Crippen LogP contribution in [0.25, 0.3) is 10.9 Å². The Morgan fingerprint density at radius 1 is 1.16 bits per heavy atom. The zero-order valence-electron chi connectivity index (χ0n) is 21.9. The molecule has 0 saturated carbocycles. The maximum absolute atomic E-state index is 13.4. The first-order valence-corrected chi connectivity index (χ1v) is 12.7. The van der Waals surface area contributed by atoms with E-state index in [4.69, 9.17) is 16.2 Å². The van der Waals surface area contributed by atoms with Gasteiger partial charge in [0.25, 0.3) is 5.91 Å². The van der Waals surface area contributed by atoms with E-state index in [-0.39, 0.29) is 35.4 Å². The number of fused-ring (bicyclic) bond motifs is 1. The zero-order valence-corrected chi connectivity index (χ0v) is 21.9. The number of benzene rings is 1. The van der Waals surface area contributed by atoms with Crippen LogP contribution in [0.2, 0.25) is 0 Å². The topological polar surface area (TPSA) is 143 Å². The Labute approximate surface area is 221 Å². The molecule has 2 aliphatic rings. The number of piperidine rings is 1. The standard InChI is InChI=1S/C27H34N8O3/c1-16-13-35(14-20(29)26(16)38-3)23-6-7-30-12-22(23)32-27(37)25-19(28)10-17-4-5-18(11-21(17)31-25)34-9-8-33(2)24(36)15-34/h4-7,10-12,16,20,26H,8-9,13-15,28-29H2,1-3H3,(H,32,37)/t16-,20+,26?/m0/s1. The van der Waals surface area contributed by atoms with Gasteiger partial charge in [0.1, 0.15) is 0 Å². The first-order valence-electron chi connectivity index (χ1n) is 12.7. The van der Waals surface area contributed by atoms with Gasteiger partial charge in [-0.15, -0.1) is 0 Å². The number of carbonyl (C=O) groups is 2. The third-order valence-electron chi connectivity index (χ3n) is 7.45. The molecule has 2 aromatic heterocycles. The summed E-state index contributed by atoms with van der Waals surface area (Å²) in [6, 6.07) is 9.19. The number of ether oxygens (including phenoxy) is 1. The Bertz CT molecular complexity index is 1350. The summed E-state index contributed by atoms with van der Waals surface area (Å²) in [5.74, 6) is -0.151. The van der Waals surface area contributed by atoms with Crippen molar-refractivity contribution in [3.8, 4) is 0 Å². The van der Waals surface area contributed by atoms with Crippen molar-refractivity contribution >= 4 is 45.5 Å². The molecule has 2 saturated heterocycles. The predicted octanol–water partition coefficient (Wildman–Crippen LogP) is 1.54. The number of nitrogens with one attached hydrogen (secondary N) is 1. The number of methoxy groups -OCH3 is 1. The second-order valence-corrected chi connectivity index (χ2v) is 10.1. The molecular formula is C27H34N8O3. The average Bonchev–Trinajstić information content (AvgIpc) is 2.89. The highest BCUT2D eigenvalue weighted by Crippen LogP contribution is 2.31. The fraction of sp³-hybridized carbons (Fsp3) is 0.407. The monoisotopic (exact) mass is 518 g/mol. The number of piperazine rings is 1. The SMILES string of the molecule is COC1[C@H](N)CN(c2ccncc2NC(=O)c2nc3cc(N4CCN(C)C(=O)C4)ccc3cc2N)C[C@@H]1C. The van der Waals surface area contributed by atoms with E-state index in [2.05, 4.69) is 27.1 Å². The second-order valence-electron chi connectivity index (χ2n) is 10.1. The molecule has 3 aromatic rings. The van der Waals surface area contributed by atoms with Gasteiger partial charge in [-0.1, -0.05) is 13.0 Å². The van der Waals surface area contributed by atoms with Crippen LogP contribution in [0.4, 0.5) is 22.7 Å². The van der Waals surface area contributed by atoms with E-state index >= 15 is 0 Å². The van der Waals surface area contributed by atoms with Crippen LogP contribution in [0.15, 0.2) is 42.7 Å². The molecule has 0 spiro atoms. The quantitative estimate of drug-likeness (QED) is 0.458. The number of nitrogens with zero attached hydrogens (tertiary/aromatic N) is 5. The largest absolute Gasteiger partial charge is 0.397 e. The Morgan fingerprint density at radius 3 is 2.71 bits per heavy atom. The van der Waals surface area contributed by atoms with Crippen LogP contribution in [0, 0.1) is 5.92 Å². The van der Waals surface area contributed by atoms with Crippen molar-refractivity contribution in [3.63, 3.8) is 0 Å². The minimum atomic E-state index is -0.428. The number of pyridine rings is 2. The number of anilines is 4. The smallest absolute Gasteiger partial charge is 0.276 e. The van der Waals surface area contributed by atoms with Gasteiger partial charge >= 0.3 is 0 Å². The highest BCUT2D eigenvalue weighted by Gasteiger charge is 2.33. The molecule has 2 aliphatic heterocycles. The van der Waals surface area contributed by atoms with Crippen molar-refractivity contribution in [3.05, 3.63) is 48.4 Å². The lowest BCUT2D eigenvalue weighted by Gasteiger charge is -2.41. The molecule has 38 heavy (non-hydrogen) atoms. The molecule has 5 rings (SSSR count). The first-order chi connectivity index (χ1) is 18.2. The maximum atomic E-state index is 13.4. The Kier molecular flexibility index (Phi) is 7.04. The van der Waals surface area contributed by atoms with Crippen molar-refractivity contribution in [2.75, 3.05) is 67.7 Å². The van der Waals surface area contributed by atoms with Gasteiger partial charge in [0.05, 0.1) is 41.4 Å². The Morgan fingerprint density at radius 2 is 1.97 bits per heavy atom. The summed E-state index contributed by atoms with van der Waals surface area (Å²) in [4.78, 5) is 40.3. The zero-order chi connectivity index (χ0) is 27.0. The third kappa shape index (κ3) is 4.94. The number of nitrogens with two attached hydrogens (primary N) is 2.